The highest BCUT2D eigenvalue weighted by molar-refractivity contribution is 8.14. The third kappa shape index (κ3) is 3.30. The number of alkyl halides is 3. The molecule has 1 aliphatic rings. The first-order chi connectivity index (χ1) is 12.8. The lowest BCUT2D eigenvalue weighted by Gasteiger charge is -2.11. The Balaban J connectivity index is 1.78. The Morgan fingerprint density at radius 1 is 1.15 bits per heavy atom. The highest BCUT2D eigenvalue weighted by atomic mass is 32.2. The second-order valence-corrected chi connectivity index (χ2v) is 6.97. The number of aromatic nitrogens is 2. The summed E-state index contributed by atoms with van der Waals surface area (Å²) < 4.78 is 40.8. The highest BCUT2D eigenvalue weighted by Crippen LogP contribution is 2.33. The number of nitrogens with one attached hydrogen (secondary N) is 1. The van der Waals surface area contributed by atoms with Crippen LogP contribution in [0.3, 0.4) is 0 Å². The van der Waals surface area contributed by atoms with E-state index in [0.29, 0.717) is 28.4 Å². The summed E-state index contributed by atoms with van der Waals surface area (Å²) in [5, 5.41) is 3.85. The number of hydrogen-bond donors (Lipinski definition) is 1. The number of imidazole rings is 1. The summed E-state index contributed by atoms with van der Waals surface area (Å²) in [6, 6.07) is 10.6. The Morgan fingerprint density at radius 2 is 1.96 bits per heavy atom. The van der Waals surface area contributed by atoms with Crippen molar-refractivity contribution in [3.63, 3.8) is 0 Å². The van der Waals surface area contributed by atoms with Crippen LogP contribution in [0.15, 0.2) is 47.6 Å². The molecule has 1 aliphatic heterocycles. The standard InChI is InChI=1S/C18H13F3N4OS/c1-25-15-6-5-10(14-9-27-17(26)24-23-14)8-13(15)22-16(25)11-3-2-4-12(7-11)18(19,20)21/h2-8H,9H2,1H3,(H,24,26). The molecule has 2 aromatic carbocycles. The van der Waals surface area contributed by atoms with Gasteiger partial charge in [-0.3, -0.25) is 4.79 Å². The molecular formula is C18H13F3N4OS. The number of aryl methyl sites for hydroxylation is 1. The summed E-state index contributed by atoms with van der Waals surface area (Å²) in [5.41, 5.74) is 5.06. The zero-order valence-corrected chi connectivity index (χ0v) is 14.9. The van der Waals surface area contributed by atoms with E-state index >= 15 is 0 Å². The predicted molar refractivity (Wildman–Crippen MR) is 98.7 cm³/mol. The van der Waals surface area contributed by atoms with E-state index in [1.807, 2.05) is 18.2 Å². The lowest BCUT2D eigenvalue weighted by atomic mass is 10.1. The first-order valence-corrected chi connectivity index (χ1v) is 8.95. The number of hydrogen-bond acceptors (Lipinski definition) is 4. The molecule has 0 atom stereocenters. The van der Waals surface area contributed by atoms with Crippen molar-refractivity contribution in [3.05, 3.63) is 53.6 Å². The molecule has 0 radical (unpaired) electrons. The summed E-state index contributed by atoms with van der Waals surface area (Å²) in [6.07, 6.45) is -4.41. The molecule has 0 saturated heterocycles. The van der Waals surface area contributed by atoms with Crippen molar-refractivity contribution in [3.8, 4) is 11.4 Å². The van der Waals surface area contributed by atoms with Crippen molar-refractivity contribution in [1.29, 1.82) is 0 Å². The lowest BCUT2D eigenvalue weighted by molar-refractivity contribution is -0.137. The number of carbonyl (C=O) groups excluding carboxylic acids is 1. The average molecular weight is 390 g/mol. The van der Waals surface area contributed by atoms with Gasteiger partial charge in [-0.25, -0.2) is 10.4 Å². The summed E-state index contributed by atoms with van der Waals surface area (Å²) in [4.78, 5) is 15.7. The summed E-state index contributed by atoms with van der Waals surface area (Å²) >= 11 is 1.12. The zero-order valence-electron chi connectivity index (χ0n) is 14.0. The number of hydrazone groups is 1. The van der Waals surface area contributed by atoms with Gasteiger partial charge in [0.15, 0.2) is 0 Å². The number of carbonyl (C=O) groups is 1. The molecule has 0 unspecified atom stereocenters. The number of fused-ring (bicyclic) bond motifs is 1. The minimum atomic E-state index is -4.41. The zero-order chi connectivity index (χ0) is 19.2. The van der Waals surface area contributed by atoms with Gasteiger partial charge in [0.1, 0.15) is 5.82 Å². The van der Waals surface area contributed by atoms with Crippen LogP contribution in [0.25, 0.3) is 22.4 Å². The first kappa shape index (κ1) is 17.6. The molecule has 5 nitrogen and oxygen atoms in total. The van der Waals surface area contributed by atoms with Crippen molar-refractivity contribution >= 4 is 33.7 Å². The summed E-state index contributed by atoms with van der Waals surface area (Å²) in [5.74, 6) is 0.895. The molecule has 0 aliphatic carbocycles. The molecule has 1 aromatic heterocycles. The quantitative estimate of drug-likeness (QED) is 0.705. The van der Waals surface area contributed by atoms with Gasteiger partial charge in [0.25, 0.3) is 5.24 Å². The fraction of sp³-hybridized carbons (Fsp3) is 0.167. The number of thioether (sulfide) groups is 1. The van der Waals surface area contributed by atoms with Crippen LogP contribution in [-0.4, -0.2) is 26.3 Å². The summed E-state index contributed by atoms with van der Waals surface area (Å²) in [6.45, 7) is 0. The molecule has 1 amide bonds. The largest absolute Gasteiger partial charge is 0.416 e. The Bertz CT molecular complexity index is 1090. The minimum Gasteiger partial charge on any atom is -0.327 e. The number of halogens is 3. The third-order valence-electron chi connectivity index (χ3n) is 4.28. The Morgan fingerprint density at radius 3 is 2.67 bits per heavy atom. The van der Waals surface area contributed by atoms with E-state index in [0.717, 1.165) is 35.0 Å². The normalized spacial score (nSPS) is 15.0. The SMILES string of the molecule is Cn1c(-c2cccc(C(F)(F)F)c2)nc2cc(C3=NNC(=O)SC3)ccc21. The van der Waals surface area contributed by atoms with Crippen LogP contribution in [0.5, 0.6) is 0 Å². The number of amides is 1. The summed E-state index contributed by atoms with van der Waals surface area (Å²) in [7, 11) is 1.76. The van der Waals surface area contributed by atoms with Gasteiger partial charge >= 0.3 is 6.18 Å². The molecule has 9 heteroatoms. The fourth-order valence-corrected chi connectivity index (χ4v) is 3.54. The highest BCUT2D eigenvalue weighted by Gasteiger charge is 2.30. The van der Waals surface area contributed by atoms with E-state index < -0.39 is 11.7 Å². The topological polar surface area (TPSA) is 59.3 Å². The number of nitrogens with zero attached hydrogens (tertiary/aromatic N) is 3. The second kappa shape index (κ2) is 6.41. The van der Waals surface area contributed by atoms with Crippen molar-refractivity contribution in [2.75, 3.05) is 5.75 Å². The van der Waals surface area contributed by atoms with Gasteiger partial charge in [0.2, 0.25) is 0 Å². The molecule has 4 rings (SSSR count). The second-order valence-electron chi connectivity index (χ2n) is 6.02. The van der Waals surface area contributed by atoms with Gasteiger partial charge in [0, 0.05) is 23.9 Å². The smallest absolute Gasteiger partial charge is 0.327 e. The number of benzene rings is 2. The van der Waals surface area contributed by atoms with E-state index in [2.05, 4.69) is 15.5 Å². The van der Waals surface area contributed by atoms with Crippen LogP contribution in [-0.2, 0) is 13.2 Å². The molecule has 27 heavy (non-hydrogen) atoms. The van der Waals surface area contributed by atoms with E-state index in [1.165, 1.54) is 6.07 Å². The van der Waals surface area contributed by atoms with Crippen LogP contribution in [0.2, 0.25) is 0 Å². The van der Waals surface area contributed by atoms with E-state index in [9.17, 15) is 18.0 Å². The molecule has 0 bridgehead atoms. The van der Waals surface area contributed by atoms with Gasteiger partial charge in [-0.1, -0.05) is 30.0 Å². The van der Waals surface area contributed by atoms with Gasteiger partial charge in [-0.2, -0.15) is 18.3 Å². The van der Waals surface area contributed by atoms with E-state index in [1.54, 1.807) is 17.7 Å². The maximum absolute atomic E-state index is 13.0. The molecule has 1 N–H and O–H groups in total. The number of rotatable bonds is 2. The fourth-order valence-electron chi connectivity index (χ4n) is 2.93. The third-order valence-corrected chi connectivity index (χ3v) is 5.06. The predicted octanol–water partition coefficient (Wildman–Crippen LogP) is 4.42. The van der Waals surface area contributed by atoms with Crippen LogP contribution < -0.4 is 5.43 Å². The van der Waals surface area contributed by atoms with Crippen LogP contribution in [0, 0.1) is 0 Å². The van der Waals surface area contributed by atoms with Crippen molar-refractivity contribution in [1.82, 2.24) is 15.0 Å². The molecule has 0 saturated carbocycles. The van der Waals surface area contributed by atoms with Crippen molar-refractivity contribution in [2.24, 2.45) is 12.1 Å². The van der Waals surface area contributed by atoms with E-state index in [-0.39, 0.29) is 5.24 Å². The van der Waals surface area contributed by atoms with Crippen molar-refractivity contribution < 1.29 is 18.0 Å². The van der Waals surface area contributed by atoms with Crippen molar-refractivity contribution in [2.45, 2.75) is 6.18 Å². The molecule has 3 aromatic rings. The average Bonchev–Trinajstić information content (AvgIpc) is 2.98. The van der Waals surface area contributed by atoms with Crippen LogP contribution >= 0.6 is 11.8 Å². The molecule has 2 heterocycles. The Kier molecular flexibility index (Phi) is 4.18. The maximum atomic E-state index is 13.0. The maximum Gasteiger partial charge on any atom is 0.416 e. The van der Waals surface area contributed by atoms with Crippen LogP contribution in [0.4, 0.5) is 18.0 Å². The van der Waals surface area contributed by atoms with Gasteiger partial charge in [-0.15, -0.1) is 0 Å². The molecule has 138 valence electrons. The monoisotopic (exact) mass is 390 g/mol. The minimum absolute atomic E-state index is 0.204. The van der Waals surface area contributed by atoms with Crippen LogP contribution in [0.1, 0.15) is 11.1 Å². The van der Waals surface area contributed by atoms with E-state index in [4.69, 9.17) is 0 Å². The lowest BCUT2D eigenvalue weighted by Crippen LogP contribution is -2.23. The van der Waals surface area contributed by atoms with Gasteiger partial charge < -0.3 is 4.57 Å². The Hall–Kier alpha value is -2.81. The first-order valence-electron chi connectivity index (χ1n) is 7.97. The Labute approximate surface area is 156 Å². The van der Waals surface area contributed by atoms with Gasteiger partial charge in [0.05, 0.1) is 22.3 Å². The molecule has 0 fully saturated rings. The van der Waals surface area contributed by atoms with Gasteiger partial charge in [-0.05, 0) is 24.3 Å². The molecule has 0 spiro atoms. The molecular weight excluding hydrogens is 377 g/mol.